The molecule has 0 fully saturated rings. The third-order valence-corrected chi connectivity index (χ3v) is 2.97. The first kappa shape index (κ1) is 14.1. The van der Waals surface area contributed by atoms with Crippen LogP contribution in [0.1, 0.15) is 16.7 Å². The number of hydrogen-bond acceptors (Lipinski definition) is 3. The minimum absolute atomic E-state index is 0.0607. The van der Waals surface area contributed by atoms with Gasteiger partial charge in [0.25, 0.3) is 0 Å². The van der Waals surface area contributed by atoms with Gasteiger partial charge in [0.2, 0.25) is 0 Å². The van der Waals surface area contributed by atoms with Crippen LogP contribution in [0.3, 0.4) is 0 Å². The number of ether oxygens (including phenoxy) is 2. The van der Waals surface area contributed by atoms with E-state index in [-0.39, 0.29) is 5.84 Å². The number of rotatable bonds is 6. The standard InChI is InChI=1S/C16H18N2O2/c1-19-14-7-4-5-12(9-14)10-20-11-13-6-2-3-8-15(13)16(17)18/h2-9H,10-11H2,1H3,(H3,17,18). The van der Waals surface area contributed by atoms with Crippen molar-refractivity contribution in [2.75, 3.05) is 7.11 Å². The second-order valence-corrected chi connectivity index (χ2v) is 4.42. The van der Waals surface area contributed by atoms with E-state index in [2.05, 4.69) is 0 Å². The van der Waals surface area contributed by atoms with Crippen LogP contribution in [0.5, 0.6) is 5.75 Å². The summed E-state index contributed by atoms with van der Waals surface area (Å²) in [5, 5.41) is 7.53. The first-order valence-electron chi connectivity index (χ1n) is 6.33. The van der Waals surface area contributed by atoms with Crippen LogP contribution in [-0.4, -0.2) is 12.9 Å². The van der Waals surface area contributed by atoms with Crippen LogP contribution in [0, 0.1) is 5.41 Å². The Balaban J connectivity index is 1.97. The summed E-state index contributed by atoms with van der Waals surface area (Å²) < 4.78 is 10.9. The first-order valence-corrected chi connectivity index (χ1v) is 6.33. The summed E-state index contributed by atoms with van der Waals surface area (Å²) in [5.74, 6) is 0.876. The van der Waals surface area contributed by atoms with Gasteiger partial charge in [-0.1, -0.05) is 36.4 Å². The van der Waals surface area contributed by atoms with Gasteiger partial charge >= 0.3 is 0 Å². The third kappa shape index (κ3) is 3.59. The number of nitrogens with two attached hydrogens (primary N) is 1. The lowest BCUT2D eigenvalue weighted by atomic mass is 10.1. The lowest BCUT2D eigenvalue weighted by molar-refractivity contribution is 0.107. The Morgan fingerprint density at radius 3 is 2.65 bits per heavy atom. The molecular formula is C16H18N2O2. The number of nitrogens with one attached hydrogen (secondary N) is 1. The molecule has 0 unspecified atom stereocenters. The number of hydrogen-bond donors (Lipinski definition) is 2. The minimum Gasteiger partial charge on any atom is -0.497 e. The molecule has 0 saturated heterocycles. The predicted octanol–water partition coefficient (Wildman–Crippen LogP) is 2.70. The quantitative estimate of drug-likeness (QED) is 0.626. The van der Waals surface area contributed by atoms with Crippen LogP contribution in [0.4, 0.5) is 0 Å². The van der Waals surface area contributed by atoms with Gasteiger partial charge < -0.3 is 15.2 Å². The Morgan fingerprint density at radius 2 is 1.90 bits per heavy atom. The maximum absolute atomic E-state index is 7.53. The smallest absolute Gasteiger partial charge is 0.123 e. The molecule has 4 heteroatoms. The van der Waals surface area contributed by atoms with Crippen LogP contribution < -0.4 is 10.5 Å². The molecule has 2 aromatic carbocycles. The molecule has 0 spiro atoms. The number of nitrogen functional groups attached to an aromatic ring is 1. The van der Waals surface area contributed by atoms with Gasteiger partial charge in [-0.3, -0.25) is 5.41 Å². The van der Waals surface area contributed by atoms with Crippen molar-refractivity contribution in [1.82, 2.24) is 0 Å². The Kier molecular flexibility index (Phi) is 4.74. The van der Waals surface area contributed by atoms with E-state index in [0.29, 0.717) is 13.2 Å². The van der Waals surface area contributed by atoms with Crippen LogP contribution in [0.25, 0.3) is 0 Å². The molecule has 2 aromatic rings. The zero-order chi connectivity index (χ0) is 14.4. The summed E-state index contributed by atoms with van der Waals surface area (Å²) in [6, 6.07) is 15.3. The topological polar surface area (TPSA) is 68.3 Å². The summed E-state index contributed by atoms with van der Waals surface area (Å²) >= 11 is 0. The molecule has 0 saturated carbocycles. The second-order valence-electron chi connectivity index (χ2n) is 4.42. The molecule has 104 valence electrons. The highest BCUT2D eigenvalue weighted by atomic mass is 16.5. The van der Waals surface area contributed by atoms with E-state index in [0.717, 1.165) is 22.4 Å². The Hall–Kier alpha value is -2.33. The van der Waals surface area contributed by atoms with E-state index in [1.165, 1.54) is 0 Å². The van der Waals surface area contributed by atoms with Crippen LogP contribution in [-0.2, 0) is 18.0 Å². The van der Waals surface area contributed by atoms with E-state index >= 15 is 0 Å². The SMILES string of the molecule is COc1cccc(COCc2ccccc2C(=N)N)c1. The molecule has 0 aromatic heterocycles. The maximum Gasteiger partial charge on any atom is 0.123 e. The van der Waals surface area contributed by atoms with Crippen molar-refractivity contribution in [2.24, 2.45) is 5.73 Å². The predicted molar refractivity (Wildman–Crippen MR) is 78.9 cm³/mol. The average molecular weight is 270 g/mol. The summed E-state index contributed by atoms with van der Waals surface area (Å²) in [6.45, 7) is 0.913. The lowest BCUT2D eigenvalue weighted by Crippen LogP contribution is -2.14. The van der Waals surface area contributed by atoms with Crippen LogP contribution >= 0.6 is 0 Å². The van der Waals surface area contributed by atoms with Crippen molar-refractivity contribution >= 4 is 5.84 Å². The Bertz CT molecular complexity index is 597. The maximum atomic E-state index is 7.53. The van der Waals surface area contributed by atoms with Crippen molar-refractivity contribution in [3.63, 3.8) is 0 Å². The van der Waals surface area contributed by atoms with E-state index in [9.17, 15) is 0 Å². The monoisotopic (exact) mass is 270 g/mol. The normalized spacial score (nSPS) is 10.2. The van der Waals surface area contributed by atoms with Crippen molar-refractivity contribution in [1.29, 1.82) is 5.41 Å². The molecule has 4 nitrogen and oxygen atoms in total. The van der Waals surface area contributed by atoms with E-state index in [4.69, 9.17) is 20.6 Å². The molecule has 0 aliphatic heterocycles. The van der Waals surface area contributed by atoms with Crippen molar-refractivity contribution in [2.45, 2.75) is 13.2 Å². The number of amidine groups is 1. The zero-order valence-electron chi connectivity index (χ0n) is 11.4. The van der Waals surface area contributed by atoms with E-state index in [1.807, 2.05) is 48.5 Å². The molecule has 0 radical (unpaired) electrons. The fourth-order valence-corrected chi connectivity index (χ4v) is 1.95. The van der Waals surface area contributed by atoms with Gasteiger partial charge in [0.15, 0.2) is 0 Å². The van der Waals surface area contributed by atoms with Crippen molar-refractivity contribution < 1.29 is 9.47 Å². The summed E-state index contributed by atoms with van der Waals surface area (Å²) in [6.07, 6.45) is 0. The summed E-state index contributed by atoms with van der Waals surface area (Å²) in [7, 11) is 1.64. The molecular weight excluding hydrogens is 252 g/mol. The summed E-state index contributed by atoms with van der Waals surface area (Å²) in [5.41, 5.74) is 8.23. The summed E-state index contributed by atoms with van der Waals surface area (Å²) in [4.78, 5) is 0. The molecule has 0 amide bonds. The second kappa shape index (κ2) is 6.73. The molecule has 20 heavy (non-hydrogen) atoms. The first-order chi connectivity index (χ1) is 9.70. The molecule has 0 bridgehead atoms. The lowest BCUT2D eigenvalue weighted by Gasteiger charge is -2.09. The van der Waals surface area contributed by atoms with Crippen LogP contribution in [0.2, 0.25) is 0 Å². The van der Waals surface area contributed by atoms with Gasteiger partial charge in [-0.25, -0.2) is 0 Å². The molecule has 3 N–H and O–H groups in total. The molecule has 0 aliphatic rings. The highest BCUT2D eigenvalue weighted by molar-refractivity contribution is 5.96. The van der Waals surface area contributed by atoms with Gasteiger partial charge in [-0.2, -0.15) is 0 Å². The largest absolute Gasteiger partial charge is 0.497 e. The molecule has 0 aliphatic carbocycles. The fourth-order valence-electron chi connectivity index (χ4n) is 1.95. The van der Waals surface area contributed by atoms with Gasteiger partial charge in [0.1, 0.15) is 11.6 Å². The van der Waals surface area contributed by atoms with Crippen LogP contribution in [0.15, 0.2) is 48.5 Å². The Labute approximate surface area is 118 Å². The minimum atomic E-state index is 0.0607. The van der Waals surface area contributed by atoms with E-state index in [1.54, 1.807) is 7.11 Å². The fraction of sp³-hybridized carbons (Fsp3) is 0.188. The third-order valence-electron chi connectivity index (χ3n) is 2.97. The number of methoxy groups -OCH3 is 1. The average Bonchev–Trinajstić information content (AvgIpc) is 2.48. The molecule has 2 rings (SSSR count). The number of benzene rings is 2. The van der Waals surface area contributed by atoms with E-state index < -0.39 is 0 Å². The Morgan fingerprint density at radius 1 is 1.10 bits per heavy atom. The van der Waals surface area contributed by atoms with Crippen molar-refractivity contribution in [3.8, 4) is 5.75 Å². The molecule has 0 heterocycles. The van der Waals surface area contributed by atoms with Gasteiger partial charge in [0.05, 0.1) is 20.3 Å². The highest BCUT2D eigenvalue weighted by Crippen LogP contribution is 2.15. The molecule has 0 atom stereocenters. The highest BCUT2D eigenvalue weighted by Gasteiger charge is 2.04. The van der Waals surface area contributed by atoms with Gasteiger partial charge in [-0.05, 0) is 23.3 Å². The van der Waals surface area contributed by atoms with Gasteiger partial charge in [0, 0.05) is 5.56 Å². The van der Waals surface area contributed by atoms with Gasteiger partial charge in [-0.15, -0.1) is 0 Å². The zero-order valence-corrected chi connectivity index (χ0v) is 11.4. The van der Waals surface area contributed by atoms with Crippen molar-refractivity contribution in [3.05, 3.63) is 65.2 Å².